The minimum Gasteiger partial charge on any atom is -0.493 e. The number of benzene rings is 2. The Bertz CT molecular complexity index is 966. The highest BCUT2D eigenvalue weighted by Crippen LogP contribution is 2.39. The average molecular weight is 489 g/mol. The zero-order valence-electron chi connectivity index (χ0n) is 18.8. The van der Waals surface area contributed by atoms with Crippen molar-refractivity contribution in [3.05, 3.63) is 65.2 Å². The highest BCUT2D eigenvalue weighted by atomic mass is 19.4. The first kappa shape index (κ1) is 25.7. The number of amides is 1. The molecule has 1 fully saturated rings. The number of carbonyl (C=O) groups excluding carboxylic acids is 1. The zero-order valence-corrected chi connectivity index (χ0v) is 18.8. The van der Waals surface area contributed by atoms with Crippen molar-refractivity contribution in [1.82, 2.24) is 4.90 Å². The van der Waals surface area contributed by atoms with Crippen LogP contribution >= 0.6 is 0 Å². The fourth-order valence-electron chi connectivity index (χ4n) is 3.81. The molecular formula is C24H25F6NO3. The first-order valence-corrected chi connectivity index (χ1v) is 10.6. The smallest absolute Gasteiger partial charge is 0.416 e. The van der Waals surface area contributed by atoms with E-state index in [4.69, 9.17) is 9.47 Å². The quantitative estimate of drug-likeness (QED) is 0.446. The van der Waals surface area contributed by atoms with E-state index in [0.29, 0.717) is 12.1 Å². The summed E-state index contributed by atoms with van der Waals surface area (Å²) in [5.41, 5.74) is -2.74. The predicted molar refractivity (Wildman–Crippen MR) is 112 cm³/mol. The average Bonchev–Trinajstić information content (AvgIpc) is 3.15. The van der Waals surface area contributed by atoms with E-state index in [-0.39, 0.29) is 37.6 Å². The van der Waals surface area contributed by atoms with Crippen LogP contribution in [0.2, 0.25) is 0 Å². The van der Waals surface area contributed by atoms with Crippen molar-refractivity contribution in [3.8, 4) is 5.75 Å². The molecule has 34 heavy (non-hydrogen) atoms. The van der Waals surface area contributed by atoms with Crippen molar-refractivity contribution in [2.75, 3.05) is 19.7 Å². The van der Waals surface area contributed by atoms with Gasteiger partial charge in [-0.3, -0.25) is 0 Å². The molecule has 2 aromatic rings. The first-order chi connectivity index (χ1) is 15.6. The van der Waals surface area contributed by atoms with Gasteiger partial charge < -0.3 is 14.4 Å². The Morgan fingerprint density at radius 2 is 1.47 bits per heavy atom. The maximum Gasteiger partial charge on any atom is 0.416 e. The lowest BCUT2D eigenvalue weighted by Crippen LogP contribution is -2.35. The summed E-state index contributed by atoms with van der Waals surface area (Å²) >= 11 is 0. The van der Waals surface area contributed by atoms with Crippen LogP contribution in [0.3, 0.4) is 0 Å². The third-order valence-electron chi connectivity index (χ3n) is 5.35. The number of nitrogens with zero attached hydrogens (tertiary/aromatic N) is 1. The topological polar surface area (TPSA) is 38.8 Å². The van der Waals surface area contributed by atoms with Crippen LogP contribution in [0.1, 0.15) is 43.4 Å². The lowest BCUT2D eigenvalue weighted by Gasteiger charge is -2.24. The Kier molecular flexibility index (Phi) is 7.10. The number of ether oxygens (including phenoxy) is 2. The third kappa shape index (κ3) is 6.57. The Hall–Kier alpha value is -2.91. The van der Waals surface area contributed by atoms with Gasteiger partial charge in [-0.05, 0) is 44.5 Å². The monoisotopic (exact) mass is 489 g/mol. The number of rotatable bonds is 4. The number of alkyl halides is 6. The van der Waals surface area contributed by atoms with Gasteiger partial charge in [0.15, 0.2) is 0 Å². The molecule has 186 valence electrons. The summed E-state index contributed by atoms with van der Waals surface area (Å²) in [5, 5.41) is 0. The van der Waals surface area contributed by atoms with Crippen LogP contribution in [-0.2, 0) is 17.1 Å². The Balaban J connectivity index is 1.84. The molecule has 10 heteroatoms. The van der Waals surface area contributed by atoms with Crippen molar-refractivity contribution in [1.29, 1.82) is 0 Å². The van der Waals surface area contributed by atoms with Gasteiger partial charge in [0.2, 0.25) is 0 Å². The molecular weight excluding hydrogens is 464 g/mol. The van der Waals surface area contributed by atoms with Crippen LogP contribution in [0.4, 0.5) is 31.1 Å². The molecule has 0 N–H and O–H groups in total. The second-order valence-corrected chi connectivity index (χ2v) is 9.22. The van der Waals surface area contributed by atoms with Crippen LogP contribution in [-0.4, -0.2) is 36.3 Å². The zero-order chi connectivity index (χ0) is 25.3. The fourth-order valence-corrected chi connectivity index (χ4v) is 3.81. The van der Waals surface area contributed by atoms with E-state index >= 15 is 0 Å². The van der Waals surface area contributed by atoms with Crippen molar-refractivity contribution in [2.45, 2.75) is 44.6 Å². The molecule has 3 rings (SSSR count). The Morgan fingerprint density at radius 3 is 1.97 bits per heavy atom. The van der Waals surface area contributed by atoms with Gasteiger partial charge in [-0.15, -0.1) is 0 Å². The van der Waals surface area contributed by atoms with E-state index in [1.54, 1.807) is 20.8 Å². The number of carbonyl (C=O) groups is 1. The molecule has 0 spiro atoms. The van der Waals surface area contributed by atoms with Crippen LogP contribution in [0.25, 0.3) is 0 Å². The highest BCUT2D eigenvalue weighted by molar-refractivity contribution is 5.68. The predicted octanol–water partition coefficient (Wildman–Crippen LogP) is 6.75. The van der Waals surface area contributed by atoms with E-state index in [1.165, 1.54) is 4.90 Å². The van der Waals surface area contributed by atoms with Crippen molar-refractivity contribution >= 4 is 6.09 Å². The number of hydrogen-bond acceptors (Lipinski definition) is 3. The summed E-state index contributed by atoms with van der Waals surface area (Å²) in [4.78, 5) is 14.1. The molecule has 2 aromatic carbocycles. The van der Waals surface area contributed by atoms with E-state index in [9.17, 15) is 31.1 Å². The highest BCUT2D eigenvalue weighted by Gasteiger charge is 2.40. The molecule has 0 bridgehead atoms. The van der Waals surface area contributed by atoms with E-state index in [2.05, 4.69) is 0 Å². The lowest BCUT2D eigenvalue weighted by molar-refractivity contribution is -0.143. The minimum absolute atomic E-state index is 0.0550. The molecule has 2 unspecified atom stereocenters. The van der Waals surface area contributed by atoms with E-state index in [1.807, 2.05) is 30.3 Å². The molecule has 1 aliphatic heterocycles. The Labute approximate surface area is 193 Å². The normalized spacial score (nSPS) is 19.3. The lowest BCUT2D eigenvalue weighted by atomic mass is 9.89. The summed E-state index contributed by atoms with van der Waals surface area (Å²) in [6, 6.07) is 10.3. The molecule has 1 amide bonds. The van der Waals surface area contributed by atoms with Gasteiger partial charge in [0.1, 0.15) is 11.4 Å². The second kappa shape index (κ2) is 9.38. The largest absolute Gasteiger partial charge is 0.493 e. The van der Waals surface area contributed by atoms with Gasteiger partial charge >= 0.3 is 18.4 Å². The molecule has 0 aliphatic carbocycles. The van der Waals surface area contributed by atoms with Crippen LogP contribution in [0, 0.1) is 5.92 Å². The van der Waals surface area contributed by atoms with Crippen molar-refractivity contribution in [2.24, 2.45) is 5.92 Å². The van der Waals surface area contributed by atoms with Gasteiger partial charge in [-0.25, -0.2) is 4.79 Å². The Morgan fingerprint density at radius 1 is 0.912 bits per heavy atom. The van der Waals surface area contributed by atoms with Crippen LogP contribution < -0.4 is 4.74 Å². The van der Waals surface area contributed by atoms with Crippen molar-refractivity contribution in [3.63, 3.8) is 0 Å². The molecule has 1 heterocycles. The molecule has 1 saturated heterocycles. The summed E-state index contributed by atoms with van der Waals surface area (Å²) in [6.07, 6.45) is -10.5. The third-order valence-corrected chi connectivity index (χ3v) is 5.35. The number of halogens is 6. The van der Waals surface area contributed by atoms with Crippen molar-refractivity contribution < 1.29 is 40.6 Å². The summed E-state index contributed by atoms with van der Waals surface area (Å²) in [7, 11) is 0. The fraction of sp³-hybridized carbons (Fsp3) is 0.458. The standard InChI is InChI=1S/C24H25F6NO3/c1-22(2,3)34-21(32)31-12-16(20(13-31)15-7-5-4-6-8-15)14-33-19-10-17(23(25,26)27)9-18(11-19)24(28,29)30/h4-11,16,20H,12-14H2,1-3H3. The first-order valence-electron chi connectivity index (χ1n) is 10.6. The van der Waals surface area contributed by atoms with Gasteiger partial charge in [0.05, 0.1) is 17.7 Å². The van der Waals surface area contributed by atoms with Crippen LogP contribution in [0.15, 0.2) is 48.5 Å². The van der Waals surface area contributed by atoms with E-state index in [0.717, 1.165) is 5.56 Å². The summed E-state index contributed by atoms with van der Waals surface area (Å²) in [6.45, 7) is 5.45. The molecule has 0 aromatic heterocycles. The summed E-state index contributed by atoms with van der Waals surface area (Å²) < 4.78 is 89.8. The number of hydrogen-bond donors (Lipinski definition) is 0. The maximum absolute atomic E-state index is 13.2. The number of likely N-dealkylation sites (tertiary alicyclic amines) is 1. The summed E-state index contributed by atoms with van der Waals surface area (Å²) in [5.74, 6) is -1.15. The molecule has 0 saturated carbocycles. The van der Waals surface area contributed by atoms with Crippen LogP contribution in [0.5, 0.6) is 5.75 Å². The van der Waals surface area contributed by atoms with Gasteiger partial charge in [0, 0.05) is 24.9 Å². The van der Waals surface area contributed by atoms with E-state index < -0.39 is 40.9 Å². The van der Waals surface area contributed by atoms with Gasteiger partial charge in [0.25, 0.3) is 0 Å². The molecule has 4 nitrogen and oxygen atoms in total. The second-order valence-electron chi connectivity index (χ2n) is 9.22. The maximum atomic E-state index is 13.2. The SMILES string of the molecule is CC(C)(C)OC(=O)N1CC(COc2cc(C(F)(F)F)cc(C(F)(F)F)c2)C(c2ccccc2)C1. The molecule has 1 aliphatic rings. The van der Waals surface area contributed by atoms with Gasteiger partial charge in [-0.2, -0.15) is 26.3 Å². The van der Waals surface area contributed by atoms with Gasteiger partial charge in [-0.1, -0.05) is 30.3 Å². The minimum atomic E-state index is -4.97. The molecule has 0 radical (unpaired) electrons. The molecule has 2 atom stereocenters.